The molecule has 1 aromatic heterocycles. The lowest BCUT2D eigenvalue weighted by Crippen LogP contribution is -2.51. The summed E-state index contributed by atoms with van der Waals surface area (Å²) in [6, 6.07) is 9.07. The second-order valence-corrected chi connectivity index (χ2v) is 6.48. The molecule has 3 rings (SSSR count). The second kappa shape index (κ2) is 8.57. The van der Waals surface area contributed by atoms with Crippen LogP contribution in [-0.2, 0) is 11.3 Å². The van der Waals surface area contributed by atoms with Crippen LogP contribution in [0.5, 0.6) is 0 Å². The third-order valence-electron chi connectivity index (χ3n) is 4.77. The van der Waals surface area contributed by atoms with Crippen LogP contribution < -0.4 is 10.6 Å². The number of benzene rings is 1. The number of imide groups is 1. The highest BCUT2D eigenvalue weighted by Crippen LogP contribution is 2.22. The third-order valence-corrected chi connectivity index (χ3v) is 4.77. The van der Waals surface area contributed by atoms with Gasteiger partial charge in [-0.05, 0) is 25.3 Å². The topological polar surface area (TPSA) is 92.2 Å². The smallest absolute Gasteiger partial charge is 0.321 e. The maximum absolute atomic E-state index is 12.3. The van der Waals surface area contributed by atoms with E-state index in [1.54, 1.807) is 6.33 Å². The molecule has 0 bridgehead atoms. The molecule has 1 atom stereocenters. The number of aromatic nitrogens is 3. The van der Waals surface area contributed by atoms with Crippen molar-refractivity contribution in [3.05, 3.63) is 48.5 Å². The minimum atomic E-state index is -0.469. The molecular formula is C18H24N6O2. The van der Waals surface area contributed by atoms with Crippen molar-refractivity contribution in [2.75, 3.05) is 13.1 Å². The summed E-state index contributed by atoms with van der Waals surface area (Å²) in [7, 11) is 0. The minimum absolute atomic E-state index is 0.283. The van der Waals surface area contributed by atoms with E-state index >= 15 is 0 Å². The van der Waals surface area contributed by atoms with Gasteiger partial charge in [0.25, 0.3) is 0 Å². The van der Waals surface area contributed by atoms with Gasteiger partial charge in [-0.1, -0.05) is 30.3 Å². The van der Waals surface area contributed by atoms with E-state index < -0.39 is 6.03 Å². The molecule has 26 heavy (non-hydrogen) atoms. The molecule has 0 aliphatic carbocycles. The summed E-state index contributed by atoms with van der Waals surface area (Å²) in [5.74, 6) is -0.283. The maximum atomic E-state index is 12.3. The third kappa shape index (κ3) is 4.66. The highest BCUT2D eigenvalue weighted by atomic mass is 16.2. The summed E-state index contributed by atoms with van der Waals surface area (Å²) in [5, 5.41) is 9.32. The summed E-state index contributed by atoms with van der Waals surface area (Å²) in [5.41, 5.74) is 0.985. The predicted octanol–water partition coefficient (Wildman–Crippen LogP) is 1.33. The molecule has 1 aliphatic rings. The molecule has 1 aliphatic heterocycles. The lowest BCUT2D eigenvalue weighted by Gasteiger charge is -2.35. The fourth-order valence-electron chi connectivity index (χ4n) is 3.15. The first-order valence-corrected chi connectivity index (χ1v) is 8.84. The molecule has 2 heterocycles. The van der Waals surface area contributed by atoms with Gasteiger partial charge in [0, 0.05) is 19.6 Å². The number of nitrogens with one attached hydrogen (secondary N) is 2. The zero-order valence-electron chi connectivity index (χ0n) is 14.8. The van der Waals surface area contributed by atoms with Gasteiger partial charge in [-0.2, -0.15) is 5.10 Å². The molecular weight excluding hydrogens is 332 g/mol. The Morgan fingerprint density at radius 2 is 1.96 bits per heavy atom. The highest BCUT2D eigenvalue weighted by Gasteiger charge is 2.28. The molecule has 3 amide bonds. The standard InChI is InChI=1S/C18H24N6O2/c1-14(23-9-7-16(8-10-23)24-13-19-12-21-24)17(25)22-18(26)20-11-15-5-3-2-4-6-15/h2-6,12-14,16H,7-11H2,1H3,(H2,20,22,25,26). The van der Waals surface area contributed by atoms with Crippen molar-refractivity contribution in [1.82, 2.24) is 30.3 Å². The summed E-state index contributed by atoms with van der Waals surface area (Å²) in [6.07, 6.45) is 5.08. The van der Waals surface area contributed by atoms with Crippen LogP contribution in [0.2, 0.25) is 0 Å². The van der Waals surface area contributed by atoms with E-state index in [9.17, 15) is 9.59 Å². The molecule has 138 valence electrons. The Morgan fingerprint density at radius 3 is 2.62 bits per heavy atom. The first-order valence-electron chi connectivity index (χ1n) is 8.84. The van der Waals surface area contributed by atoms with E-state index in [2.05, 4.69) is 25.6 Å². The van der Waals surface area contributed by atoms with E-state index in [1.807, 2.05) is 41.9 Å². The van der Waals surface area contributed by atoms with Gasteiger partial charge in [-0.3, -0.25) is 15.0 Å². The average molecular weight is 356 g/mol. The van der Waals surface area contributed by atoms with E-state index in [0.717, 1.165) is 31.5 Å². The van der Waals surface area contributed by atoms with Gasteiger partial charge in [0.1, 0.15) is 12.7 Å². The van der Waals surface area contributed by atoms with Crippen molar-refractivity contribution < 1.29 is 9.59 Å². The van der Waals surface area contributed by atoms with Crippen molar-refractivity contribution in [1.29, 1.82) is 0 Å². The number of urea groups is 1. The summed E-state index contributed by atoms with van der Waals surface area (Å²) < 4.78 is 1.87. The molecule has 0 spiro atoms. The Balaban J connectivity index is 1.42. The van der Waals surface area contributed by atoms with Gasteiger partial charge in [-0.25, -0.2) is 14.5 Å². The van der Waals surface area contributed by atoms with Crippen LogP contribution in [0.15, 0.2) is 43.0 Å². The van der Waals surface area contributed by atoms with Crippen LogP contribution in [0, 0.1) is 0 Å². The van der Waals surface area contributed by atoms with E-state index in [1.165, 1.54) is 6.33 Å². The minimum Gasteiger partial charge on any atom is -0.334 e. The fraction of sp³-hybridized carbons (Fsp3) is 0.444. The number of hydrogen-bond donors (Lipinski definition) is 2. The average Bonchev–Trinajstić information content (AvgIpc) is 3.21. The lowest BCUT2D eigenvalue weighted by molar-refractivity contribution is -0.125. The molecule has 8 heteroatoms. The second-order valence-electron chi connectivity index (χ2n) is 6.48. The van der Waals surface area contributed by atoms with Crippen LogP contribution in [-0.4, -0.2) is 50.7 Å². The van der Waals surface area contributed by atoms with Gasteiger partial charge in [0.15, 0.2) is 0 Å². The number of likely N-dealkylation sites (tertiary alicyclic amines) is 1. The van der Waals surface area contributed by atoms with Gasteiger partial charge >= 0.3 is 6.03 Å². The van der Waals surface area contributed by atoms with Crippen molar-refractivity contribution in [3.8, 4) is 0 Å². The molecule has 1 saturated heterocycles. The van der Waals surface area contributed by atoms with Crippen molar-refractivity contribution in [3.63, 3.8) is 0 Å². The zero-order valence-corrected chi connectivity index (χ0v) is 14.8. The first-order chi connectivity index (χ1) is 12.6. The summed E-state index contributed by atoms with van der Waals surface area (Å²) in [6.45, 7) is 3.78. The molecule has 1 fully saturated rings. The normalized spacial score (nSPS) is 16.8. The van der Waals surface area contributed by atoms with Crippen LogP contribution in [0.4, 0.5) is 4.79 Å². The quantitative estimate of drug-likeness (QED) is 0.843. The van der Waals surface area contributed by atoms with Gasteiger partial charge in [0.05, 0.1) is 12.1 Å². The van der Waals surface area contributed by atoms with Gasteiger partial charge in [-0.15, -0.1) is 0 Å². The van der Waals surface area contributed by atoms with Crippen molar-refractivity contribution in [2.24, 2.45) is 0 Å². The molecule has 1 unspecified atom stereocenters. The first kappa shape index (κ1) is 18.1. The predicted molar refractivity (Wildman–Crippen MR) is 96.1 cm³/mol. The number of rotatable bonds is 5. The van der Waals surface area contributed by atoms with E-state index in [0.29, 0.717) is 12.6 Å². The van der Waals surface area contributed by atoms with E-state index in [4.69, 9.17) is 0 Å². The fourth-order valence-corrected chi connectivity index (χ4v) is 3.15. The number of carbonyl (C=O) groups is 2. The molecule has 2 aromatic rings. The van der Waals surface area contributed by atoms with Crippen LogP contribution in [0.1, 0.15) is 31.4 Å². The zero-order chi connectivity index (χ0) is 18.4. The van der Waals surface area contributed by atoms with Crippen LogP contribution in [0.25, 0.3) is 0 Å². The highest BCUT2D eigenvalue weighted by molar-refractivity contribution is 5.96. The summed E-state index contributed by atoms with van der Waals surface area (Å²) >= 11 is 0. The van der Waals surface area contributed by atoms with E-state index in [-0.39, 0.29) is 11.9 Å². The number of piperidine rings is 1. The Hall–Kier alpha value is -2.74. The Morgan fingerprint density at radius 1 is 1.23 bits per heavy atom. The Kier molecular flexibility index (Phi) is 5.96. The number of hydrogen-bond acceptors (Lipinski definition) is 5. The van der Waals surface area contributed by atoms with Crippen molar-refractivity contribution >= 4 is 11.9 Å². The van der Waals surface area contributed by atoms with Gasteiger partial charge in [0.2, 0.25) is 5.91 Å². The number of nitrogens with zero attached hydrogens (tertiary/aromatic N) is 4. The van der Waals surface area contributed by atoms with Crippen molar-refractivity contribution in [2.45, 2.75) is 38.4 Å². The molecule has 0 saturated carbocycles. The monoisotopic (exact) mass is 356 g/mol. The summed E-state index contributed by atoms with van der Waals surface area (Å²) in [4.78, 5) is 30.3. The largest absolute Gasteiger partial charge is 0.334 e. The maximum Gasteiger partial charge on any atom is 0.321 e. The molecule has 2 N–H and O–H groups in total. The van der Waals surface area contributed by atoms with Gasteiger partial charge < -0.3 is 5.32 Å². The van der Waals surface area contributed by atoms with Crippen LogP contribution in [0.3, 0.4) is 0 Å². The Labute approximate surface area is 152 Å². The Bertz CT molecular complexity index is 711. The molecule has 1 aromatic carbocycles. The SMILES string of the molecule is CC(C(=O)NC(=O)NCc1ccccc1)N1CCC(n2cncn2)CC1. The molecule has 0 radical (unpaired) electrons. The lowest BCUT2D eigenvalue weighted by atomic mass is 10.0. The van der Waals surface area contributed by atoms with Crippen LogP contribution >= 0.6 is 0 Å². The number of amides is 3. The molecule has 8 nitrogen and oxygen atoms in total. The number of carbonyl (C=O) groups excluding carboxylic acids is 2.